The standard InChI is InChI=1S/C29H70O9Si10/c1-39(2,3)30-45(19,31-40(4,5)6)36-48(28-27-29-25-23-22-24-26-29,37-46(20,32-41(7,8)9)33-42(10,11)12)38-47(21,34-43(13,14)15)35-44(16,17)18/h22-28H,1-21H3. The minimum Gasteiger partial charge on any atom is -0.417 e. The molecule has 0 fully saturated rings. The molecule has 0 saturated heterocycles. The quantitative estimate of drug-likeness (QED) is 0.119. The summed E-state index contributed by atoms with van der Waals surface area (Å²) in [6, 6.07) is 10.1. The SMILES string of the molecule is C[Si](C)(C)O[Si](C)(O[Si](C)(C)C)O[Si](C=Cc1ccccc1)(O[Si](C)(O[Si](C)(C)C)O[Si](C)(C)C)O[Si](C)(O[Si](C)(C)C)O[Si](C)(C)C. The van der Waals surface area contributed by atoms with E-state index in [1.165, 1.54) is 0 Å². The van der Waals surface area contributed by atoms with E-state index in [-0.39, 0.29) is 0 Å². The molecule has 0 aliphatic heterocycles. The highest BCUT2D eigenvalue weighted by Crippen LogP contribution is 2.36. The van der Waals surface area contributed by atoms with Crippen molar-refractivity contribution in [1.82, 2.24) is 0 Å². The minimum absolute atomic E-state index is 0.979. The van der Waals surface area contributed by atoms with Crippen LogP contribution < -0.4 is 0 Å². The minimum atomic E-state index is -4.10. The van der Waals surface area contributed by atoms with Gasteiger partial charge in [-0.05, 0) is 129 Å². The summed E-state index contributed by atoms with van der Waals surface area (Å²) < 4.78 is 64.0. The van der Waals surface area contributed by atoms with Crippen molar-refractivity contribution >= 4 is 91.2 Å². The normalized spacial score (nSPS) is 15.4. The fourth-order valence-corrected chi connectivity index (χ4v) is 45.8. The molecule has 280 valence electrons. The van der Waals surface area contributed by atoms with Gasteiger partial charge < -0.3 is 37.0 Å². The summed E-state index contributed by atoms with van der Waals surface area (Å²) in [4.78, 5) is 0. The van der Waals surface area contributed by atoms with Crippen molar-refractivity contribution in [1.29, 1.82) is 0 Å². The van der Waals surface area contributed by atoms with Crippen molar-refractivity contribution in [2.75, 3.05) is 0 Å². The Balaban J connectivity index is 4.34. The molecule has 0 spiro atoms. The van der Waals surface area contributed by atoms with Crippen molar-refractivity contribution in [3.8, 4) is 0 Å². The second-order valence-electron chi connectivity index (χ2n) is 18.5. The van der Waals surface area contributed by atoms with Gasteiger partial charge in [-0.15, -0.1) is 0 Å². The summed E-state index contributed by atoms with van der Waals surface area (Å²) in [6.07, 6.45) is 2.01. The zero-order chi connectivity index (χ0) is 37.9. The zero-order valence-corrected chi connectivity index (χ0v) is 44.2. The lowest BCUT2D eigenvalue weighted by molar-refractivity contribution is 0.130. The Labute approximate surface area is 305 Å². The Morgan fingerprint density at radius 2 is 0.562 bits per heavy atom. The molecule has 0 atom stereocenters. The van der Waals surface area contributed by atoms with Gasteiger partial charge in [0.05, 0.1) is 0 Å². The van der Waals surface area contributed by atoms with Crippen molar-refractivity contribution in [2.45, 2.75) is 137 Å². The third kappa shape index (κ3) is 20.7. The Bertz CT molecular complexity index is 1020. The van der Waals surface area contributed by atoms with Gasteiger partial charge in [0.2, 0.25) is 0 Å². The van der Waals surface area contributed by atoms with Crippen LogP contribution in [0.25, 0.3) is 6.08 Å². The third-order valence-electron chi connectivity index (χ3n) is 5.21. The Hall–Kier alpha value is 0.769. The van der Waals surface area contributed by atoms with Gasteiger partial charge in [-0.1, -0.05) is 36.4 Å². The molecule has 9 nitrogen and oxygen atoms in total. The topological polar surface area (TPSA) is 83.1 Å². The van der Waals surface area contributed by atoms with Gasteiger partial charge in [0.25, 0.3) is 0 Å². The van der Waals surface area contributed by atoms with E-state index in [1.54, 1.807) is 0 Å². The first-order valence-corrected chi connectivity index (χ1v) is 45.9. The maximum atomic E-state index is 7.43. The predicted molar refractivity (Wildman–Crippen MR) is 226 cm³/mol. The van der Waals surface area contributed by atoms with Gasteiger partial charge in [-0.3, -0.25) is 0 Å². The maximum absolute atomic E-state index is 7.43. The summed E-state index contributed by atoms with van der Waals surface area (Å²) >= 11 is 0. The second kappa shape index (κ2) is 16.4. The molecule has 0 amide bonds. The van der Waals surface area contributed by atoms with Crippen LogP contribution in [0.2, 0.25) is 137 Å². The van der Waals surface area contributed by atoms with Crippen molar-refractivity contribution in [3.63, 3.8) is 0 Å². The van der Waals surface area contributed by atoms with Crippen molar-refractivity contribution < 1.29 is 37.0 Å². The lowest BCUT2D eigenvalue weighted by Gasteiger charge is -2.48. The molecular formula is C29H70O9Si10. The first kappa shape index (κ1) is 46.8. The first-order valence-electron chi connectivity index (χ1n) is 17.0. The van der Waals surface area contributed by atoms with E-state index in [0.717, 1.165) is 5.56 Å². The van der Waals surface area contributed by atoms with Gasteiger partial charge in [0, 0.05) is 19.6 Å². The molecule has 0 bridgehead atoms. The summed E-state index contributed by atoms with van der Waals surface area (Å²) in [5.41, 5.74) is 2.94. The molecule has 0 aliphatic carbocycles. The van der Waals surface area contributed by atoms with Gasteiger partial charge in [-0.2, -0.15) is 0 Å². The number of hydrogen-bond acceptors (Lipinski definition) is 9. The van der Waals surface area contributed by atoms with Crippen LogP contribution in [0.1, 0.15) is 5.56 Å². The molecule has 1 aromatic rings. The summed E-state index contributed by atoms with van der Waals surface area (Å²) in [7, 11) is -27.7. The molecule has 1 rings (SSSR count). The molecule has 0 saturated carbocycles. The summed E-state index contributed by atoms with van der Waals surface area (Å²) in [5.74, 6) is 0. The van der Waals surface area contributed by atoms with Crippen molar-refractivity contribution in [3.05, 3.63) is 41.6 Å². The van der Waals surface area contributed by atoms with E-state index in [1.807, 2.05) is 61.7 Å². The van der Waals surface area contributed by atoms with E-state index < -0.39 is 85.1 Å². The number of rotatable bonds is 20. The van der Waals surface area contributed by atoms with E-state index in [2.05, 4.69) is 118 Å². The Kier molecular flexibility index (Phi) is 16.0. The first-order chi connectivity index (χ1) is 20.9. The number of hydrogen-bond donors (Lipinski definition) is 0. The summed E-state index contributed by atoms with van der Waals surface area (Å²) in [6.45, 7) is 44.8. The van der Waals surface area contributed by atoms with E-state index in [0.29, 0.717) is 0 Å². The molecule has 48 heavy (non-hydrogen) atoms. The molecule has 0 N–H and O–H groups in total. The van der Waals surface area contributed by atoms with E-state index in [9.17, 15) is 0 Å². The van der Waals surface area contributed by atoms with Crippen LogP contribution in [-0.2, 0) is 37.0 Å². The van der Waals surface area contributed by atoms with Gasteiger partial charge in [0.15, 0.2) is 49.9 Å². The highest BCUT2D eigenvalue weighted by molar-refractivity contribution is 6.96. The van der Waals surface area contributed by atoms with Gasteiger partial charge in [0.1, 0.15) is 0 Å². The maximum Gasteiger partial charge on any atom is 0.507 e. The van der Waals surface area contributed by atoms with E-state index in [4.69, 9.17) is 37.0 Å². The molecule has 0 unspecified atom stereocenters. The van der Waals surface area contributed by atoms with Gasteiger partial charge >= 0.3 is 35.2 Å². The highest BCUT2D eigenvalue weighted by atomic mass is 28.6. The predicted octanol–water partition coefficient (Wildman–Crippen LogP) is 10.0. The molecule has 0 aliphatic rings. The Morgan fingerprint density at radius 1 is 0.333 bits per heavy atom. The van der Waals surface area contributed by atoms with Crippen LogP contribution in [0.4, 0.5) is 0 Å². The average molecular weight is 844 g/mol. The average Bonchev–Trinajstić information content (AvgIpc) is 2.69. The largest absolute Gasteiger partial charge is 0.507 e. The number of benzene rings is 1. The monoisotopic (exact) mass is 842 g/mol. The molecule has 0 heterocycles. The molecule has 1 aromatic carbocycles. The van der Waals surface area contributed by atoms with Crippen LogP contribution in [0.5, 0.6) is 0 Å². The van der Waals surface area contributed by atoms with Crippen LogP contribution in [0.15, 0.2) is 36.0 Å². The lowest BCUT2D eigenvalue weighted by Crippen LogP contribution is -2.70. The molecule has 0 radical (unpaired) electrons. The summed E-state index contributed by atoms with van der Waals surface area (Å²) in [5, 5.41) is 0. The highest BCUT2D eigenvalue weighted by Gasteiger charge is 2.62. The second-order valence-corrected chi connectivity index (χ2v) is 57.9. The zero-order valence-electron chi connectivity index (χ0n) is 34.2. The Morgan fingerprint density at radius 3 is 0.771 bits per heavy atom. The lowest BCUT2D eigenvalue weighted by atomic mass is 10.2. The van der Waals surface area contributed by atoms with Crippen LogP contribution in [-0.4, -0.2) is 85.1 Å². The van der Waals surface area contributed by atoms with Crippen LogP contribution >= 0.6 is 0 Å². The van der Waals surface area contributed by atoms with Crippen LogP contribution in [0.3, 0.4) is 0 Å². The third-order valence-corrected chi connectivity index (χ3v) is 37.2. The molecule has 19 heteroatoms. The fraction of sp³-hybridized carbons (Fsp3) is 0.724. The molecule has 0 aromatic heterocycles. The van der Waals surface area contributed by atoms with Crippen LogP contribution in [0, 0.1) is 0 Å². The fourth-order valence-electron chi connectivity index (χ4n) is 5.23. The van der Waals surface area contributed by atoms with Gasteiger partial charge in [-0.25, -0.2) is 0 Å². The van der Waals surface area contributed by atoms with Crippen molar-refractivity contribution in [2.24, 2.45) is 0 Å². The molecular weight excluding hydrogens is 773 g/mol. The van der Waals surface area contributed by atoms with E-state index >= 15 is 0 Å². The smallest absolute Gasteiger partial charge is 0.417 e.